The molecule has 130 valence electrons. The summed E-state index contributed by atoms with van der Waals surface area (Å²) in [5, 5.41) is 12.5. The van der Waals surface area contributed by atoms with E-state index in [0.29, 0.717) is 5.71 Å². The molecule has 2 heterocycles. The van der Waals surface area contributed by atoms with E-state index >= 15 is 0 Å². The maximum Gasteiger partial charge on any atom is 0.225 e. The molecular weight excluding hydrogens is 314 g/mol. The fourth-order valence-corrected chi connectivity index (χ4v) is 3.60. The Labute approximate surface area is 147 Å². The molecule has 6 heteroatoms. The first kappa shape index (κ1) is 16.0. The number of fused-ring (bicyclic) bond motifs is 1. The first-order valence-corrected chi connectivity index (χ1v) is 8.92. The van der Waals surface area contributed by atoms with E-state index in [0.717, 1.165) is 69.2 Å². The molecule has 0 spiro atoms. The van der Waals surface area contributed by atoms with Crippen LogP contribution in [0.5, 0.6) is 0 Å². The predicted octanol–water partition coefficient (Wildman–Crippen LogP) is 2.31. The summed E-state index contributed by atoms with van der Waals surface area (Å²) >= 11 is 0. The minimum atomic E-state index is 0.709. The lowest BCUT2D eigenvalue weighted by molar-refractivity contribution is 0.248. The Kier molecular flexibility index (Phi) is 4.61. The Balaban J connectivity index is 1.41. The van der Waals surface area contributed by atoms with Gasteiger partial charge >= 0.3 is 0 Å². The van der Waals surface area contributed by atoms with E-state index in [1.807, 2.05) is 6.20 Å². The monoisotopic (exact) mass is 337 g/mol. The summed E-state index contributed by atoms with van der Waals surface area (Å²) < 4.78 is 0. The minimum Gasteiger partial charge on any atom is -0.411 e. The van der Waals surface area contributed by atoms with Crippen molar-refractivity contribution in [2.24, 2.45) is 5.16 Å². The van der Waals surface area contributed by atoms with Gasteiger partial charge in [0.25, 0.3) is 0 Å². The average molecular weight is 337 g/mol. The van der Waals surface area contributed by atoms with Crippen molar-refractivity contribution < 1.29 is 5.21 Å². The molecule has 1 aliphatic carbocycles. The van der Waals surface area contributed by atoms with Crippen LogP contribution in [0.1, 0.15) is 29.7 Å². The number of aryl methyl sites for hydroxylation is 1. The molecule has 4 rings (SSSR count). The van der Waals surface area contributed by atoms with Crippen molar-refractivity contribution in [1.29, 1.82) is 0 Å². The highest BCUT2D eigenvalue weighted by atomic mass is 16.4. The Morgan fingerprint density at radius 1 is 1.04 bits per heavy atom. The first-order chi connectivity index (χ1) is 12.3. The van der Waals surface area contributed by atoms with Crippen molar-refractivity contribution >= 4 is 11.7 Å². The molecule has 1 saturated heterocycles. The molecule has 25 heavy (non-hydrogen) atoms. The van der Waals surface area contributed by atoms with Crippen LogP contribution >= 0.6 is 0 Å². The van der Waals surface area contributed by atoms with E-state index in [4.69, 9.17) is 10.2 Å². The third-order valence-electron chi connectivity index (χ3n) is 5.02. The summed E-state index contributed by atoms with van der Waals surface area (Å²) in [6, 6.07) is 10.6. The van der Waals surface area contributed by atoms with Crippen molar-refractivity contribution in [1.82, 2.24) is 14.9 Å². The van der Waals surface area contributed by atoms with Gasteiger partial charge in [0.15, 0.2) is 0 Å². The van der Waals surface area contributed by atoms with Gasteiger partial charge in [-0.1, -0.05) is 35.5 Å². The van der Waals surface area contributed by atoms with Gasteiger partial charge in [-0.05, 0) is 24.8 Å². The second-order valence-corrected chi connectivity index (χ2v) is 6.68. The lowest BCUT2D eigenvalue weighted by Gasteiger charge is -2.35. The zero-order chi connectivity index (χ0) is 17.1. The van der Waals surface area contributed by atoms with E-state index in [2.05, 4.69) is 50.3 Å². The van der Waals surface area contributed by atoms with Crippen LogP contribution in [0.2, 0.25) is 0 Å². The molecule has 0 amide bonds. The van der Waals surface area contributed by atoms with Crippen molar-refractivity contribution in [2.45, 2.75) is 25.8 Å². The number of aromatic nitrogens is 2. The maximum absolute atomic E-state index is 9.12. The highest BCUT2D eigenvalue weighted by molar-refractivity contribution is 6.01. The molecule has 0 radical (unpaired) electrons. The summed E-state index contributed by atoms with van der Waals surface area (Å²) in [5.41, 5.74) is 3.98. The Hall–Kier alpha value is -2.47. The number of nitrogens with zero attached hydrogens (tertiary/aromatic N) is 5. The van der Waals surface area contributed by atoms with E-state index < -0.39 is 0 Å². The number of hydrogen-bond donors (Lipinski definition) is 1. The highest BCUT2D eigenvalue weighted by Gasteiger charge is 2.23. The number of hydrogen-bond acceptors (Lipinski definition) is 6. The van der Waals surface area contributed by atoms with Gasteiger partial charge in [0.1, 0.15) is 0 Å². The number of anilines is 1. The first-order valence-electron chi connectivity index (χ1n) is 8.92. The summed E-state index contributed by atoms with van der Waals surface area (Å²) in [5.74, 6) is 0.803. The molecule has 1 aromatic heterocycles. The molecule has 0 saturated carbocycles. The summed E-state index contributed by atoms with van der Waals surface area (Å²) in [4.78, 5) is 14.0. The molecular formula is C19H23N5O. The second kappa shape index (κ2) is 7.19. The molecule has 1 N–H and O–H groups in total. The molecule has 2 aromatic rings. The zero-order valence-electron chi connectivity index (χ0n) is 14.3. The van der Waals surface area contributed by atoms with Gasteiger partial charge in [0.05, 0.1) is 11.4 Å². The molecule has 0 atom stereocenters. The normalized spacial score (nSPS) is 19.8. The SMILES string of the molecule is O/N=C1\CCCc2nc(N3CCN(Cc4ccccc4)CC3)ncc21. The van der Waals surface area contributed by atoms with Crippen molar-refractivity contribution in [2.75, 3.05) is 31.1 Å². The van der Waals surface area contributed by atoms with Crippen LogP contribution < -0.4 is 4.90 Å². The molecule has 6 nitrogen and oxygen atoms in total. The van der Waals surface area contributed by atoms with Gasteiger partial charge in [-0.2, -0.15) is 0 Å². The van der Waals surface area contributed by atoms with Crippen LogP contribution in [0.25, 0.3) is 0 Å². The topological polar surface area (TPSA) is 64.9 Å². The highest BCUT2D eigenvalue weighted by Crippen LogP contribution is 2.22. The van der Waals surface area contributed by atoms with Gasteiger partial charge in [-0.3, -0.25) is 4.90 Å². The van der Waals surface area contributed by atoms with Crippen LogP contribution in [0, 0.1) is 0 Å². The molecule has 0 bridgehead atoms. The Morgan fingerprint density at radius 2 is 1.84 bits per heavy atom. The fraction of sp³-hybridized carbons (Fsp3) is 0.421. The second-order valence-electron chi connectivity index (χ2n) is 6.68. The van der Waals surface area contributed by atoms with Gasteiger partial charge in [-0.15, -0.1) is 0 Å². The Morgan fingerprint density at radius 3 is 2.60 bits per heavy atom. The Bertz CT molecular complexity index is 754. The van der Waals surface area contributed by atoms with Crippen molar-refractivity contribution in [3.63, 3.8) is 0 Å². The van der Waals surface area contributed by atoms with E-state index in [-0.39, 0.29) is 0 Å². The number of piperazine rings is 1. The fourth-order valence-electron chi connectivity index (χ4n) is 3.60. The maximum atomic E-state index is 9.12. The van der Waals surface area contributed by atoms with E-state index in [1.165, 1.54) is 5.56 Å². The number of benzene rings is 1. The van der Waals surface area contributed by atoms with Crippen molar-refractivity contribution in [3.8, 4) is 0 Å². The largest absolute Gasteiger partial charge is 0.411 e. The lowest BCUT2D eigenvalue weighted by Crippen LogP contribution is -2.46. The van der Waals surface area contributed by atoms with Crippen LogP contribution in [0.3, 0.4) is 0 Å². The minimum absolute atomic E-state index is 0.709. The molecule has 1 aromatic carbocycles. The third-order valence-corrected chi connectivity index (χ3v) is 5.02. The van der Waals surface area contributed by atoms with Gasteiger partial charge in [0.2, 0.25) is 5.95 Å². The molecule has 2 aliphatic rings. The third kappa shape index (κ3) is 3.49. The number of oxime groups is 1. The smallest absolute Gasteiger partial charge is 0.225 e. The standard InChI is InChI=1S/C19H23N5O/c25-22-18-8-4-7-17-16(18)13-20-19(21-17)24-11-9-23(10-12-24)14-15-5-2-1-3-6-15/h1-3,5-6,13,25H,4,7-12,14H2/b22-18+. The quantitative estimate of drug-likeness (QED) is 0.688. The summed E-state index contributed by atoms with van der Waals surface area (Å²) in [6.45, 7) is 4.90. The van der Waals surface area contributed by atoms with Gasteiger partial charge in [0, 0.05) is 44.5 Å². The van der Waals surface area contributed by atoms with E-state index in [1.54, 1.807) is 0 Å². The predicted molar refractivity (Wildman–Crippen MR) is 97.2 cm³/mol. The van der Waals surface area contributed by atoms with Crippen molar-refractivity contribution in [3.05, 3.63) is 53.3 Å². The van der Waals surface area contributed by atoms with Crippen LogP contribution in [0.15, 0.2) is 41.7 Å². The zero-order valence-corrected chi connectivity index (χ0v) is 14.3. The van der Waals surface area contributed by atoms with Gasteiger partial charge in [-0.25, -0.2) is 9.97 Å². The number of rotatable bonds is 3. The average Bonchev–Trinajstić information content (AvgIpc) is 2.68. The summed E-state index contributed by atoms with van der Waals surface area (Å²) in [7, 11) is 0. The molecule has 0 unspecified atom stereocenters. The van der Waals surface area contributed by atoms with Crippen LogP contribution in [-0.2, 0) is 13.0 Å². The van der Waals surface area contributed by atoms with E-state index in [9.17, 15) is 0 Å². The van der Waals surface area contributed by atoms with Crippen LogP contribution in [-0.4, -0.2) is 52.0 Å². The molecule has 1 fully saturated rings. The summed E-state index contributed by atoms with van der Waals surface area (Å²) in [6.07, 6.45) is 4.53. The van der Waals surface area contributed by atoms with Crippen LogP contribution in [0.4, 0.5) is 5.95 Å². The molecule has 1 aliphatic heterocycles. The van der Waals surface area contributed by atoms with Gasteiger partial charge < -0.3 is 10.1 Å². The lowest BCUT2D eigenvalue weighted by atomic mass is 9.95.